The standard InChI is InChI=1S/C18H26N2O6/c1-18(2,3)26-17(23)14(19)11-25-15-10-12(4-5-13(15)16(21)22)20-6-8-24-9-7-20/h4-5,10,14H,6-9,11,19H2,1-3H3,(H,21,22). The second-order valence-electron chi connectivity index (χ2n) is 7.04. The van der Waals surface area contributed by atoms with Gasteiger partial charge in [0.05, 0.1) is 13.2 Å². The number of ether oxygens (including phenoxy) is 3. The molecule has 8 nitrogen and oxygen atoms in total. The first-order valence-corrected chi connectivity index (χ1v) is 8.48. The van der Waals surface area contributed by atoms with Crippen LogP contribution in [0.15, 0.2) is 18.2 Å². The predicted octanol–water partition coefficient (Wildman–Crippen LogP) is 1.27. The van der Waals surface area contributed by atoms with Gasteiger partial charge >= 0.3 is 11.9 Å². The summed E-state index contributed by atoms with van der Waals surface area (Å²) in [6.07, 6.45) is 0. The van der Waals surface area contributed by atoms with Crippen molar-refractivity contribution in [3.05, 3.63) is 23.8 Å². The molecule has 0 amide bonds. The fraction of sp³-hybridized carbons (Fsp3) is 0.556. The number of aromatic carboxylic acids is 1. The van der Waals surface area contributed by atoms with Crippen molar-refractivity contribution in [2.24, 2.45) is 5.73 Å². The van der Waals surface area contributed by atoms with Crippen LogP contribution in [-0.4, -0.2) is 61.6 Å². The first-order valence-electron chi connectivity index (χ1n) is 8.48. The molecule has 0 spiro atoms. The molecule has 0 radical (unpaired) electrons. The number of benzene rings is 1. The lowest BCUT2D eigenvalue weighted by Gasteiger charge is -2.29. The summed E-state index contributed by atoms with van der Waals surface area (Å²) in [5.74, 6) is -1.54. The lowest BCUT2D eigenvalue weighted by Crippen LogP contribution is -2.41. The molecule has 1 aliphatic rings. The number of carboxylic acid groups (broad SMARTS) is 1. The third-order valence-electron chi connectivity index (χ3n) is 3.70. The Morgan fingerprint density at radius 1 is 1.31 bits per heavy atom. The van der Waals surface area contributed by atoms with Gasteiger partial charge in [0.2, 0.25) is 0 Å². The third kappa shape index (κ3) is 5.60. The zero-order valence-corrected chi connectivity index (χ0v) is 15.4. The molecule has 1 aliphatic heterocycles. The van der Waals surface area contributed by atoms with Crippen molar-refractivity contribution in [1.29, 1.82) is 0 Å². The molecule has 0 saturated carbocycles. The Hall–Kier alpha value is -2.32. The first-order chi connectivity index (χ1) is 12.2. The molecule has 8 heteroatoms. The maximum absolute atomic E-state index is 11.9. The van der Waals surface area contributed by atoms with E-state index in [0.717, 1.165) is 5.69 Å². The van der Waals surface area contributed by atoms with Gasteiger partial charge in [-0.05, 0) is 32.9 Å². The van der Waals surface area contributed by atoms with Gasteiger partial charge in [-0.3, -0.25) is 4.79 Å². The van der Waals surface area contributed by atoms with Crippen molar-refractivity contribution in [3.63, 3.8) is 0 Å². The van der Waals surface area contributed by atoms with Crippen LogP contribution in [0.3, 0.4) is 0 Å². The average Bonchev–Trinajstić information content (AvgIpc) is 2.58. The SMILES string of the molecule is CC(C)(C)OC(=O)C(N)COc1cc(N2CCOCC2)ccc1C(=O)O. The van der Waals surface area contributed by atoms with Crippen molar-refractivity contribution in [3.8, 4) is 5.75 Å². The van der Waals surface area contributed by atoms with Crippen molar-refractivity contribution in [2.75, 3.05) is 37.8 Å². The number of morpholine rings is 1. The van der Waals surface area contributed by atoms with Crippen LogP contribution in [0.25, 0.3) is 0 Å². The summed E-state index contributed by atoms with van der Waals surface area (Å²) in [5.41, 5.74) is 5.99. The Morgan fingerprint density at radius 3 is 2.54 bits per heavy atom. The molecule has 1 atom stereocenters. The number of carboxylic acids is 1. The van der Waals surface area contributed by atoms with Crippen LogP contribution >= 0.6 is 0 Å². The molecule has 1 unspecified atom stereocenters. The Morgan fingerprint density at radius 2 is 1.96 bits per heavy atom. The van der Waals surface area contributed by atoms with Crippen molar-refractivity contribution in [2.45, 2.75) is 32.4 Å². The highest BCUT2D eigenvalue weighted by atomic mass is 16.6. The van der Waals surface area contributed by atoms with Gasteiger partial charge in [0, 0.05) is 24.8 Å². The van der Waals surface area contributed by atoms with E-state index < -0.39 is 23.6 Å². The maximum Gasteiger partial charge on any atom is 0.339 e. The van der Waals surface area contributed by atoms with Gasteiger partial charge in [-0.2, -0.15) is 0 Å². The molecule has 2 rings (SSSR count). The second-order valence-corrected chi connectivity index (χ2v) is 7.04. The molecule has 1 heterocycles. The fourth-order valence-corrected chi connectivity index (χ4v) is 2.45. The Balaban J connectivity index is 2.10. The van der Waals surface area contributed by atoms with Crippen LogP contribution < -0.4 is 15.4 Å². The van der Waals surface area contributed by atoms with Gasteiger partial charge < -0.3 is 30.0 Å². The zero-order valence-electron chi connectivity index (χ0n) is 15.4. The van der Waals surface area contributed by atoms with E-state index in [4.69, 9.17) is 19.9 Å². The maximum atomic E-state index is 11.9. The minimum atomic E-state index is -1.11. The van der Waals surface area contributed by atoms with E-state index in [1.165, 1.54) is 6.07 Å². The topological polar surface area (TPSA) is 111 Å². The molecule has 3 N–H and O–H groups in total. The summed E-state index contributed by atoms with van der Waals surface area (Å²) >= 11 is 0. The van der Waals surface area contributed by atoms with Gasteiger partial charge in [-0.1, -0.05) is 0 Å². The minimum Gasteiger partial charge on any atom is -0.490 e. The molecule has 26 heavy (non-hydrogen) atoms. The van der Waals surface area contributed by atoms with E-state index in [0.29, 0.717) is 26.3 Å². The van der Waals surface area contributed by atoms with E-state index in [1.807, 2.05) is 0 Å². The normalized spacial score (nSPS) is 16.1. The van der Waals surface area contributed by atoms with Gasteiger partial charge in [-0.25, -0.2) is 4.79 Å². The second kappa shape index (κ2) is 8.37. The molecule has 144 valence electrons. The lowest BCUT2D eigenvalue weighted by molar-refractivity contribution is -0.157. The van der Waals surface area contributed by atoms with Crippen molar-refractivity contribution in [1.82, 2.24) is 0 Å². The van der Waals surface area contributed by atoms with E-state index in [9.17, 15) is 14.7 Å². The van der Waals surface area contributed by atoms with Crippen molar-refractivity contribution < 1.29 is 28.9 Å². The van der Waals surface area contributed by atoms with E-state index >= 15 is 0 Å². The first kappa shape index (κ1) is 20.0. The quantitative estimate of drug-likeness (QED) is 0.724. The number of carbonyl (C=O) groups excluding carboxylic acids is 1. The summed E-state index contributed by atoms with van der Waals surface area (Å²) in [5, 5.41) is 9.36. The highest BCUT2D eigenvalue weighted by molar-refractivity contribution is 5.91. The summed E-state index contributed by atoms with van der Waals surface area (Å²) in [6, 6.07) is 3.86. The zero-order chi connectivity index (χ0) is 19.3. The van der Waals surface area contributed by atoms with Gasteiger partial charge in [0.25, 0.3) is 0 Å². The van der Waals surface area contributed by atoms with Crippen molar-refractivity contribution >= 4 is 17.6 Å². The van der Waals surface area contributed by atoms with Crippen LogP contribution in [0.5, 0.6) is 5.75 Å². The monoisotopic (exact) mass is 366 g/mol. The Bertz CT molecular complexity index is 650. The van der Waals surface area contributed by atoms with Gasteiger partial charge in [0.1, 0.15) is 29.6 Å². The highest BCUT2D eigenvalue weighted by Crippen LogP contribution is 2.27. The van der Waals surface area contributed by atoms with E-state index in [2.05, 4.69) is 4.90 Å². The Kier molecular flexibility index (Phi) is 6.44. The predicted molar refractivity (Wildman–Crippen MR) is 95.7 cm³/mol. The van der Waals surface area contributed by atoms with Crippen LogP contribution in [0, 0.1) is 0 Å². The lowest BCUT2D eigenvalue weighted by atomic mass is 10.1. The molecule has 1 aromatic rings. The molecule has 0 aromatic heterocycles. The molecule has 0 aliphatic carbocycles. The highest BCUT2D eigenvalue weighted by Gasteiger charge is 2.24. The molecule has 1 aromatic carbocycles. The van der Waals surface area contributed by atoms with Crippen LogP contribution in [0.4, 0.5) is 5.69 Å². The number of nitrogens with two attached hydrogens (primary N) is 1. The molecule has 0 bridgehead atoms. The summed E-state index contributed by atoms with van der Waals surface area (Å²) in [6.45, 7) is 7.70. The molecule has 1 fully saturated rings. The summed E-state index contributed by atoms with van der Waals surface area (Å²) in [7, 11) is 0. The van der Waals surface area contributed by atoms with E-state index in [-0.39, 0.29) is 17.9 Å². The van der Waals surface area contributed by atoms with Gasteiger partial charge in [0.15, 0.2) is 0 Å². The smallest absolute Gasteiger partial charge is 0.339 e. The number of nitrogens with zero attached hydrogens (tertiary/aromatic N) is 1. The van der Waals surface area contributed by atoms with Crippen LogP contribution in [-0.2, 0) is 14.3 Å². The number of rotatable bonds is 6. The largest absolute Gasteiger partial charge is 0.490 e. The number of anilines is 1. The Labute approximate surface area is 152 Å². The van der Waals surface area contributed by atoms with Crippen LogP contribution in [0.1, 0.15) is 31.1 Å². The fourth-order valence-electron chi connectivity index (χ4n) is 2.45. The summed E-state index contributed by atoms with van der Waals surface area (Å²) in [4.78, 5) is 25.5. The summed E-state index contributed by atoms with van der Waals surface area (Å²) < 4.78 is 16.1. The molecular weight excluding hydrogens is 340 g/mol. The number of esters is 1. The average molecular weight is 366 g/mol. The molecule has 1 saturated heterocycles. The minimum absolute atomic E-state index is 0.0124. The number of hydrogen-bond acceptors (Lipinski definition) is 7. The van der Waals surface area contributed by atoms with E-state index in [1.54, 1.807) is 32.9 Å². The van der Waals surface area contributed by atoms with Gasteiger partial charge in [-0.15, -0.1) is 0 Å². The van der Waals surface area contributed by atoms with Crippen LogP contribution in [0.2, 0.25) is 0 Å². The number of carbonyl (C=O) groups is 2. The third-order valence-corrected chi connectivity index (χ3v) is 3.70. The molecular formula is C18H26N2O6. The number of hydrogen-bond donors (Lipinski definition) is 2.